The molecule has 7 nitrogen and oxygen atoms in total. The molecule has 0 aliphatic rings. The Morgan fingerprint density at radius 2 is 2.00 bits per heavy atom. The van der Waals surface area contributed by atoms with Gasteiger partial charge in [-0.3, -0.25) is 4.79 Å². The summed E-state index contributed by atoms with van der Waals surface area (Å²) < 4.78 is 43.3. The summed E-state index contributed by atoms with van der Waals surface area (Å²) >= 11 is 0. The fraction of sp³-hybridized carbons (Fsp3) is 0.389. The van der Waals surface area contributed by atoms with Crippen LogP contribution < -0.4 is 5.32 Å². The van der Waals surface area contributed by atoms with Crippen LogP contribution in [0.25, 0.3) is 11.0 Å². The highest BCUT2D eigenvalue weighted by molar-refractivity contribution is 5.77. The highest BCUT2D eigenvalue weighted by Gasteiger charge is 2.58. The molecule has 0 fully saturated rings. The minimum Gasteiger partial charge on any atom is -0.374 e. The van der Waals surface area contributed by atoms with Crippen molar-refractivity contribution in [2.45, 2.75) is 31.2 Å². The minimum atomic E-state index is -5.04. The van der Waals surface area contributed by atoms with Gasteiger partial charge in [0.05, 0.1) is 23.8 Å². The number of rotatable bonds is 7. The highest BCUT2D eigenvalue weighted by Crippen LogP contribution is 2.40. The van der Waals surface area contributed by atoms with E-state index in [1.807, 2.05) is 28.8 Å². The number of benzene rings is 1. The Kier molecular flexibility index (Phi) is 5.41. The number of para-hydroxylation sites is 2. The summed E-state index contributed by atoms with van der Waals surface area (Å²) in [7, 11) is 1.33. The minimum absolute atomic E-state index is 0.167. The number of aromatic nitrogens is 4. The van der Waals surface area contributed by atoms with Crippen LogP contribution in [-0.4, -0.2) is 42.8 Å². The first kappa shape index (κ1) is 19.9. The first-order valence-corrected chi connectivity index (χ1v) is 8.66. The van der Waals surface area contributed by atoms with Crippen molar-refractivity contribution in [2.75, 3.05) is 6.54 Å². The summed E-state index contributed by atoms with van der Waals surface area (Å²) in [6.45, 7) is 0.712. The van der Waals surface area contributed by atoms with Gasteiger partial charge in [0.15, 0.2) is 5.82 Å². The number of imidazole rings is 2. The van der Waals surface area contributed by atoms with Gasteiger partial charge in [-0.1, -0.05) is 12.1 Å². The lowest BCUT2D eigenvalue weighted by atomic mass is 9.97. The molecule has 1 amide bonds. The lowest BCUT2D eigenvalue weighted by Crippen LogP contribution is -2.48. The van der Waals surface area contributed by atoms with E-state index in [1.165, 1.54) is 13.2 Å². The molecule has 1 atom stereocenters. The topological polar surface area (TPSA) is 85.0 Å². The van der Waals surface area contributed by atoms with E-state index < -0.39 is 29.9 Å². The number of aliphatic hydroxyl groups is 1. The van der Waals surface area contributed by atoms with Gasteiger partial charge >= 0.3 is 6.18 Å². The molecule has 2 heterocycles. The van der Waals surface area contributed by atoms with Gasteiger partial charge in [-0.25, -0.2) is 9.97 Å². The van der Waals surface area contributed by atoms with Gasteiger partial charge in [0.25, 0.3) is 0 Å². The maximum absolute atomic E-state index is 13.4. The van der Waals surface area contributed by atoms with Gasteiger partial charge in [0.1, 0.15) is 0 Å². The standard InChI is InChI=1S/C18H20F3N5O2/c1-25-10-8-23-16(25)17(28,18(19,20)21)11-15(27)22-7-4-9-26-12-24-13-5-2-3-6-14(13)26/h2-3,5-6,8,10,12,28H,4,7,9,11H2,1H3,(H,22,27). The second-order valence-electron chi connectivity index (χ2n) is 6.53. The van der Waals surface area contributed by atoms with Crippen LogP contribution in [-0.2, 0) is 24.0 Å². The number of amides is 1. The normalized spacial score (nSPS) is 14.2. The zero-order valence-corrected chi connectivity index (χ0v) is 15.1. The largest absolute Gasteiger partial charge is 0.425 e. The molecule has 150 valence electrons. The average Bonchev–Trinajstić information content (AvgIpc) is 3.24. The maximum Gasteiger partial charge on any atom is 0.425 e. The van der Waals surface area contributed by atoms with E-state index in [2.05, 4.69) is 15.3 Å². The second-order valence-corrected chi connectivity index (χ2v) is 6.53. The van der Waals surface area contributed by atoms with Gasteiger partial charge in [-0.2, -0.15) is 13.2 Å². The molecular formula is C18H20F3N5O2. The van der Waals surface area contributed by atoms with Crippen LogP contribution in [0.5, 0.6) is 0 Å². The molecule has 3 aromatic rings. The van der Waals surface area contributed by atoms with E-state index in [4.69, 9.17) is 0 Å². The summed E-state index contributed by atoms with van der Waals surface area (Å²) in [6, 6.07) is 7.56. The Labute approximate surface area is 158 Å². The Morgan fingerprint density at radius 1 is 1.25 bits per heavy atom. The third-order valence-electron chi connectivity index (χ3n) is 4.50. The molecule has 1 unspecified atom stereocenters. The van der Waals surface area contributed by atoms with Crippen molar-refractivity contribution in [3.8, 4) is 0 Å². The molecule has 0 saturated carbocycles. The van der Waals surface area contributed by atoms with E-state index in [9.17, 15) is 23.1 Å². The molecular weight excluding hydrogens is 375 g/mol. The second kappa shape index (κ2) is 7.63. The monoisotopic (exact) mass is 395 g/mol. The molecule has 0 saturated heterocycles. The number of hydrogen-bond acceptors (Lipinski definition) is 4. The zero-order valence-electron chi connectivity index (χ0n) is 15.1. The lowest BCUT2D eigenvalue weighted by molar-refractivity contribution is -0.271. The average molecular weight is 395 g/mol. The number of carbonyl (C=O) groups excluding carboxylic acids is 1. The number of nitrogens with one attached hydrogen (secondary N) is 1. The van der Waals surface area contributed by atoms with Gasteiger partial charge < -0.3 is 19.6 Å². The molecule has 3 rings (SSSR count). The third-order valence-corrected chi connectivity index (χ3v) is 4.50. The van der Waals surface area contributed by atoms with Crippen LogP contribution in [0.15, 0.2) is 43.0 Å². The first-order chi connectivity index (χ1) is 13.2. The number of hydrogen-bond donors (Lipinski definition) is 2. The number of fused-ring (bicyclic) bond motifs is 1. The van der Waals surface area contributed by atoms with Gasteiger partial charge in [0, 0.05) is 32.5 Å². The van der Waals surface area contributed by atoms with Crippen LogP contribution in [0, 0.1) is 0 Å². The Bertz CT molecular complexity index is 965. The van der Waals surface area contributed by atoms with Crippen molar-refractivity contribution >= 4 is 16.9 Å². The van der Waals surface area contributed by atoms with Crippen molar-refractivity contribution in [3.05, 3.63) is 48.8 Å². The van der Waals surface area contributed by atoms with E-state index in [0.29, 0.717) is 13.0 Å². The van der Waals surface area contributed by atoms with Crippen molar-refractivity contribution in [1.29, 1.82) is 0 Å². The number of carbonyl (C=O) groups is 1. The molecule has 0 spiro atoms. The molecule has 0 radical (unpaired) electrons. The van der Waals surface area contributed by atoms with Crippen molar-refractivity contribution < 1.29 is 23.1 Å². The summed E-state index contributed by atoms with van der Waals surface area (Å²) in [5, 5.41) is 12.6. The predicted molar refractivity (Wildman–Crippen MR) is 95.1 cm³/mol. The van der Waals surface area contributed by atoms with Crippen LogP contribution in [0.2, 0.25) is 0 Å². The molecule has 2 aromatic heterocycles. The number of alkyl halides is 3. The zero-order chi connectivity index (χ0) is 20.4. The van der Waals surface area contributed by atoms with Gasteiger partial charge in [-0.05, 0) is 18.6 Å². The first-order valence-electron chi connectivity index (χ1n) is 8.66. The molecule has 0 bridgehead atoms. The summed E-state index contributed by atoms with van der Waals surface area (Å²) in [5.41, 5.74) is -1.57. The summed E-state index contributed by atoms with van der Waals surface area (Å²) in [6.07, 6.45) is -1.61. The molecule has 0 aliphatic carbocycles. The van der Waals surface area contributed by atoms with Gasteiger partial charge in [-0.15, -0.1) is 0 Å². The quantitative estimate of drug-likeness (QED) is 0.600. The number of nitrogens with zero attached hydrogens (tertiary/aromatic N) is 4. The molecule has 1 aromatic carbocycles. The Morgan fingerprint density at radius 3 is 2.68 bits per heavy atom. The van der Waals surface area contributed by atoms with E-state index in [0.717, 1.165) is 21.8 Å². The predicted octanol–water partition coefficient (Wildman–Crippen LogP) is 2.12. The Hall–Kier alpha value is -2.88. The van der Waals surface area contributed by atoms with E-state index >= 15 is 0 Å². The van der Waals surface area contributed by atoms with Crippen LogP contribution in [0.3, 0.4) is 0 Å². The SMILES string of the molecule is Cn1ccnc1C(O)(CC(=O)NCCCn1cnc2ccccc21)C(F)(F)F. The Balaban J connectivity index is 1.57. The van der Waals surface area contributed by atoms with Gasteiger partial charge in [0.2, 0.25) is 11.5 Å². The van der Waals surface area contributed by atoms with Crippen LogP contribution in [0.4, 0.5) is 13.2 Å². The third kappa shape index (κ3) is 3.86. The van der Waals surface area contributed by atoms with Crippen molar-refractivity contribution in [3.63, 3.8) is 0 Å². The summed E-state index contributed by atoms with van der Waals surface area (Å²) in [4.78, 5) is 19.9. The number of halogens is 3. The fourth-order valence-electron chi connectivity index (χ4n) is 3.03. The van der Waals surface area contributed by atoms with Crippen molar-refractivity contribution in [2.24, 2.45) is 7.05 Å². The smallest absolute Gasteiger partial charge is 0.374 e. The lowest BCUT2D eigenvalue weighted by Gasteiger charge is -2.29. The molecule has 10 heteroatoms. The molecule has 2 N–H and O–H groups in total. The summed E-state index contributed by atoms with van der Waals surface area (Å²) in [5.74, 6) is -1.53. The van der Waals surface area contributed by atoms with Crippen LogP contribution >= 0.6 is 0 Å². The maximum atomic E-state index is 13.4. The van der Waals surface area contributed by atoms with Crippen LogP contribution in [0.1, 0.15) is 18.7 Å². The molecule has 0 aliphatic heterocycles. The van der Waals surface area contributed by atoms with E-state index in [-0.39, 0.29) is 6.54 Å². The van der Waals surface area contributed by atoms with Crippen molar-refractivity contribution in [1.82, 2.24) is 24.4 Å². The molecule has 28 heavy (non-hydrogen) atoms. The fourth-order valence-corrected chi connectivity index (χ4v) is 3.03. The van der Waals surface area contributed by atoms with E-state index in [1.54, 1.807) is 6.33 Å². The number of aryl methyl sites for hydroxylation is 2. The highest BCUT2D eigenvalue weighted by atomic mass is 19.4.